The lowest BCUT2D eigenvalue weighted by molar-refractivity contribution is 0.0336. The van der Waals surface area contributed by atoms with Crippen LogP contribution in [0.3, 0.4) is 0 Å². The SMILES string of the molecule is CNc1nc(Nc2ccc(CN3CCOCC3)nc2)cnc1-c1cncc2c1ncn2C. The monoisotopic (exact) mass is 431 g/mol. The van der Waals surface area contributed by atoms with Gasteiger partial charge in [0.15, 0.2) is 11.6 Å². The molecular weight excluding hydrogens is 406 g/mol. The predicted octanol–water partition coefficient (Wildman–Crippen LogP) is 2.44. The van der Waals surface area contributed by atoms with E-state index in [4.69, 9.17) is 9.72 Å². The summed E-state index contributed by atoms with van der Waals surface area (Å²) in [5.41, 5.74) is 5.21. The Kier molecular flexibility index (Phi) is 5.61. The number of morpholine rings is 1. The molecule has 0 aliphatic carbocycles. The summed E-state index contributed by atoms with van der Waals surface area (Å²) in [6, 6.07) is 4.04. The Morgan fingerprint density at radius 3 is 2.69 bits per heavy atom. The van der Waals surface area contributed by atoms with Gasteiger partial charge >= 0.3 is 0 Å². The number of pyridine rings is 2. The molecule has 0 unspecified atom stereocenters. The molecule has 0 radical (unpaired) electrons. The zero-order valence-corrected chi connectivity index (χ0v) is 18.1. The second-order valence-corrected chi connectivity index (χ2v) is 7.66. The lowest BCUT2D eigenvalue weighted by Gasteiger charge is -2.26. The number of aryl methyl sites for hydroxylation is 1. The first-order valence-electron chi connectivity index (χ1n) is 10.5. The number of fused-ring (bicyclic) bond motifs is 1. The summed E-state index contributed by atoms with van der Waals surface area (Å²) in [6.45, 7) is 4.28. The third-order valence-electron chi connectivity index (χ3n) is 5.49. The standard InChI is InChI=1S/C22H25N9O/c1-23-22-21(17-10-24-11-18-20(17)27-14-30(18)2)26-12-19(29-22)28-15-3-4-16(25-9-15)13-31-5-7-32-8-6-31/h3-4,9-12,14H,5-8,13H2,1-2H3,(H2,23,28,29). The molecule has 164 valence electrons. The van der Waals surface area contributed by atoms with Crippen molar-refractivity contribution < 1.29 is 4.74 Å². The Hall–Kier alpha value is -3.63. The number of rotatable bonds is 6. The lowest BCUT2D eigenvalue weighted by Crippen LogP contribution is -2.35. The predicted molar refractivity (Wildman–Crippen MR) is 123 cm³/mol. The van der Waals surface area contributed by atoms with Crippen molar-refractivity contribution in [1.29, 1.82) is 0 Å². The smallest absolute Gasteiger partial charge is 0.154 e. The van der Waals surface area contributed by atoms with Crippen molar-refractivity contribution in [2.45, 2.75) is 6.54 Å². The molecule has 32 heavy (non-hydrogen) atoms. The van der Waals surface area contributed by atoms with Crippen molar-refractivity contribution in [2.75, 3.05) is 44.0 Å². The molecule has 1 aliphatic heterocycles. The van der Waals surface area contributed by atoms with Gasteiger partial charge in [-0.2, -0.15) is 0 Å². The van der Waals surface area contributed by atoms with Gasteiger partial charge in [0, 0.05) is 39.9 Å². The maximum absolute atomic E-state index is 5.40. The lowest BCUT2D eigenvalue weighted by atomic mass is 10.1. The summed E-state index contributed by atoms with van der Waals surface area (Å²) in [4.78, 5) is 25.1. The minimum Gasteiger partial charge on any atom is -0.379 e. The van der Waals surface area contributed by atoms with Crippen LogP contribution in [0.2, 0.25) is 0 Å². The van der Waals surface area contributed by atoms with E-state index in [1.54, 1.807) is 24.9 Å². The van der Waals surface area contributed by atoms with Crippen LogP contribution >= 0.6 is 0 Å². The first-order chi connectivity index (χ1) is 15.7. The summed E-state index contributed by atoms with van der Waals surface area (Å²) < 4.78 is 7.34. The van der Waals surface area contributed by atoms with Gasteiger partial charge in [0.25, 0.3) is 0 Å². The number of nitrogens with zero attached hydrogens (tertiary/aromatic N) is 7. The quantitative estimate of drug-likeness (QED) is 0.476. The Bertz CT molecular complexity index is 1220. The fourth-order valence-electron chi connectivity index (χ4n) is 3.77. The van der Waals surface area contributed by atoms with Crippen LogP contribution in [0, 0.1) is 0 Å². The molecule has 1 fully saturated rings. The molecule has 10 heteroatoms. The highest BCUT2D eigenvalue weighted by atomic mass is 16.5. The zero-order valence-electron chi connectivity index (χ0n) is 18.1. The third kappa shape index (κ3) is 4.10. The highest BCUT2D eigenvalue weighted by Crippen LogP contribution is 2.30. The van der Waals surface area contributed by atoms with E-state index in [0.29, 0.717) is 17.3 Å². The Labute approximate surface area is 185 Å². The van der Waals surface area contributed by atoms with Gasteiger partial charge < -0.3 is 19.9 Å². The van der Waals surface area contributed by atoms with Gasteiger partial charge in [0.05, 0.1) is 60.6 Å². The second kappa shape index (κ2) is 8.85. The molecule has 1 aliphatic rings. The summed E-state index contributed by atoms with van der Waals surface area (Å²) in [5.74, 6) is 1.27. The topological polar surface area (TPSA) is 106 Å². The van der Waals surface area contributed by atoms with E-state index in [2.05, 4.69) is 35.5 Å². The van der Waals surface area contributed by atoms with Crippen molar-refractivity contribution in [1.82, 2.24) is 34.4 Å². The molecule has 1 saturated heterocycles. The number of hydrogen-bond acceptors (Lipinski definition) is 9. The third-order valence-corrected chi connectivity index (χ3v) is 5.49. The van der Waals surface area contributed by atoms with Crippen LogP contribution in [0.4, 0.5) is 17.3 Å². The van der Waals surface area contributed by atoms with E-state index >= 15 is 0 Å². The summed E-state index contributed by atoms with van der Waals surface area (Å²) in [5, 5.41) is 6.42. The summed E-state index contributed by atoms with van der Waals surface area (Å²) in [7, 11) is 3.77. The van der Waals surface area contributed by atoms with Gasteiger partial charge in [0.1, 0.15) is 11.2 Å². The Morgan fingerprint density at radius 2 is 1.91 bits per heavy atom. The van der Waals surface area contributed by atoms with Crippen molar-refractivity contribution in [3.8, 4) is 11.3 Å². The number of ether oxygens (including phenoxy) is 1. The largest absolute Gasteiger partial charge is 0.379 e. The molecule has 0 amide bonds. The highest BCUT2D eigenvalue weighted by molar-refractivity contribution is 5.93. The van der Waals surface area contributed by atoms with Crippen LogP contribution in [0.15, 0.2) is 43.2 Å². The maximum Gasteiger partial charge on any atom is 0.154 e. The first kappa shape index (κ1) is 20.3. The minimum absolute atomic E-state index is 0.627. The van der Waals surface area contributed by atoms with Gasteiger partial charge in [0.2, 0.25) is 0 Å². The van der Waals surface area contributed by atoms with Gasteiger partial charge in [-0.15, -0.1) is 0 Å². The Morgan fingerprint density at radius 1 is 1.03 bits per heavy atom. The van der Waals surface area contributed by atoms with E-state index in [-0.39, 0.29) is 0 Å². The fourth-order valence-corrected chi connectivity index (χ4v) is 3.77. The number of anilines is 3. The van der Waals surface area contributed by atoms with E-state index in [0.717, 1.165) is 60.8 Å². The second-order valence-electron chi connectivity index (χ2n) is 7.66. The van der Waals surface area contributed by atoms with Gasteiger partial charge in [-0.1, -0.05) is 0 Å². The fraction of sp³-hybridized carbons (Fsp3) is 0.318. The van der Waals surface area contributed by atoms with Crippen LogP contribution in [-0.4, -0.2) is 67.7 Å². The number of hydrogen-bond donors (Lipinski definition) is 2. The molecule has 0 aromatic carbocycles. The molecule has 10 nitrogen and oxygen atoms in total. The number of aromatic nitrogens is 6. The molecule has 0 spiro atoms. The van der Waals surface area contributed by atoms with Gasteiger partial charge in [-0.3, -0.25) is 14.9 Å². The van der Waals surface area contributed by atoms with Gasteiger partial charge in [-0.05, 0) is 12.1 Å². The normalized spacial score (nSPS) is 14.6. The van der Waals surface area contributed by atoms with E-state index in [1.807, 2.05) is 37.0 Å². The van der Waals surface area contributed by atoms with Crippen LogP contribution in [-0.2, 0) is 18.3 Å². The first-order valence-corrected chi connectivity index (χ1v) is 10.5. The van der Waals surface area contributed by atoms with Crippen molar-refractivity contribution in [2.24, 2.45) is 7.05 Å². The minimum atomic E-state index is 0.627. The molecule has 0 bridgehead atoms. The molecule has 0 atom stereocenters. The average molecular weight is 432 g/mol. The molecule has 4 aromatic heterocycles. The highest BCUT2D eigenvalue weighted by Gasteiger charge is 2.15. The van der Waals surface area contributed by atoms with Crippen molar-refractivity contribution in [3.63, 3.8) is 0 Å². The summed E-state index contributed by atoms with van der Waals surface area (Å²) >= 11 is 0. The van der Waals surface area contributed by atoms with Crippen LogP contribution < -0.4 is 10.6 Å². The number of imidazole rings is 1. The van der Waals surface area contributed by atoms with Crippen LogP contribution in [0.1, 0.15) is 5.69 Å². The molecule has 5 heterocycles. The Balaban J connectivity index is 1.35. The molecular formula is C22H25N9O. The van der Waals surface area contributed by atoms with Crippen LogP contribution in [0.5, 0.6) is 0 Å². The maximum atomic E-state index is 5.40. The van der Waals surface area contributed by atoms with Crippen molar-refractivity contribution in [3.05, 3.63) is 48.9 Å². The molecule has 0 saturated carbocycles. The summed E-state index contributed by atoms with van der Waals surface area (Å²) in [6.07, 6.45) is 8.87. The van der Waals surface area contributed by atoms with E-state index in [9.17, 15) is 0 Å². The zero-order chi connectivity index (χ0) is 21.9. The van der Waals surface area contributed by atoms with Crippen molar-refractivity contribution >= 4 is 28.4 Å². The van der Waals surface area contributed by atoms with E-state index < -0.39 is 0 Å². The van der Waals surface area contributed by atoms with Gasteiger partial charge in [-0.25, -0.2) is 15.0 Å². The molecule has 5 rings (SSSR count). The molecule has 2 N–H and O–H groups in total. The molecule has 4 aromatic rings. The van der Waals surface area contributed by atoms with Crippen LogP contribution in [0.25, 0.3) is 22.3 Å². The number of nitrogens with one attached hydrogen (secondary N) is 2. The van der Waals surface area contributed by atoms with E-state index in [1.165, 1.54) is 0 Å². The average Bonchev–Trinajstić information content (AvgIpc) is 3.22.